The Morgan fingerprint density at radius 1 is 1.65 bits per heavy atom. The molecule has 0 spiro atoms. The standard InChI is InChI=1S/C14H16FN3OS/c1-9-12(15)4-10(7-16)5-13(9)18-14(19)6-11-8-20-3-2-17-11/h4-5,11,17H,2-3,6,8H2,1H3,(H,18,19). The first-order valence-electron chi connectivity index (χ1n) is 6.41. The third kappa shape index (κ3) is 3.71. The van der Waals surface area contributed by atoms with E-state index in [0.717, 1.165) is 18.1 Å². The van der Waals surface area contributed by atoms with E-state index in [1.165, 1.54) is 12.1 Å². The summed E-state index contributed by atoms with van der Waals surface area (Å²) in [5.74, 6) is 1.32. The summed E-state index contributed by atoms with van der Waals surface area (Å²) in [4.78, 5) is 12.0. The molecule has 2 rings (SSSR count). The van der Waals surface area contributed by atoms with Crippen molar-refractivity contribution in [3.63, 3.8) is 0 Å². The predicted octanol–water partition coefficient (Wildman–Crippen LogP) is 2.04. The van der Waals surface area contributed by atoms with Gasteiger partial charge in [0.1, 0.15) is 5.82 Å². The molecule has 1 fully saturated rings. The van der Waals surface area contributed by atoms with Crippen LogP contribution in [-0.4, -0.2) is 30.0 Å². The van der Waals surface area contributed by atoms with Gasteiger partial charge in [-0.3, -0.25) is 4.79 Å². The molecule has 0 saturated carbocycles. The molecule has 106 valence electrons. The molecule has 1 aliphatic rings. The smallest absolute Gasteiger partial charge is 0.225 e. The zero-order chi connectivity index (χ0) is 14.5. The van der Waals surface area contributed by atoms with Crippen molar-refractivity contribution in [2.24, 2.45) is 0 Å². The van der Waals surface area contributed by atoms with Gasteiger partial charge in [-0.1, -0.05) is 0 Å². The van der Waals surface area contributed by atoms with Crippen LogP contribution in [0.3, 0.4) is 0 Å². The highest BCUT2D eigenvalue weighted by molar-refractivity contribution is 7.99. The zero-order valence-corrected chi connectivity index (χ0v) is 12.0. The van der Waals surface area contributed by atoms with Crippen LogP contribution < -0.4 is 10.6 Å². The van der Waals surface area contributed by atoms with Crippen LogP contribution in [0.15, 0.2) is 12.1 Å². The van der Waals surface area contributed by atoms with E-state index in [9.17, 15) is 9.18 Å². The third-order valence-corrected chi connectivity index (χ3v) is 4.31. The van der Waals surface area contributed by atoms with Crippen molar-refractivity contribution >= 4 is 23.4 Å². The molecule has 1 unspecified atom stereocenters. The lowest BCUT2D eigenvalue weighted by molar-refractivity contribution is -0.116. The van der Waals surface area contributed by atoms with Crippen LogP contribution in [0.4, 0.5) is 10.1 Å². The third-order valence-electron chi connectivity index (χ3n) is 3.18. The molecule has 1 heterocycles. The molecule has 1 saturated heterocycles. The number of hydrogen-bond donors (Lipinski definition) is 2. The number of benzene rings is 1. The summed E-state index contributed by atoms with van der Waals surface area (Å²) in [5.41, 5.74) is 0.924. The Labute approximate surface area is 121 Å². The number of rotatable bonds is 3. The van der Waals surface area contributed by atoms with Gasteiger partial charge in [0.05, 0.1) is 11.6 Å². The molecule has 0 aromatic heterocycles. The summed E-state index contributed by atoms with van der Waals surface area (Å²) in [7, 11) is 0. The van der Waals surface area contributed by atoms with E-state index in [1.807, 2.05) is 17.8 Å². The molecule has 1 amide bonds. The Morgan fingerprint density at radius 3 is 3.10 bits per heavy atom. The van der Waals surface area contributed by atoms with Gasteiger partial charge in [-0.05, 0) is 19.1 Å². The maximum Gasteiger partial charge on any atom is 0.225 e. The first-order valence-corrected chi connectivity index (χ1v) is 7.57. The summed E-state index contributed by atoms with van der Waals surface area (Å²) in [6.07, 6.45) is 0.352. The second kappa shape index (κ2) is 6.73. The van der Waals surface area contributed by atoms with E-state index in [4.69, 9.17) is 5.26 Å². The monoisotopic (exact) mass is 293 g/mol. The Balaban J connectivity index is 2.03. The van der Waals surface area contributed by atoms with Gasteiger partial charge in [-0.15, -0.1) is 0 Å². The summed E-state index contributed by atoms with van der Waals surface area (Å²) in [6.45, 7) is 2.49. The lowest BCUT2D eigenvalue weighted by atomic mass is 10.1. The maximum absolute atomic E-state index is 13.6. The fourth-order valence-electron chi connectivity index (χ4n) is 2.05. The van der Waals surface area contributed by atoms with Crippen LogP contribution in [0, 0.1) is 24.1 Å². The van der Waals surface area contributed by atoms with Gasteiger partial charge in [0.15, 0.2) is 0 Å². The minimum Gasteiger partial charge on any atom is -0.326 e. The highest BCUT2D eigenvalue weighted by Crippen LogP contribution is 2.21. The van der Waals surface area contributed by atoms with Gasteiger partial charge in [-0.2, -0.15) is 17.0 Å². The SMILES string of the molecule is Cc1c(F)cc(C#N)cc1NC(=O)CC1CSCCN1. The number of carbonyl (C=O) groups is 1. The van der Waals surface area contributed by atoms with Crippen molar-refractivity contribution in [3.8, 4) is 6.07 Å². The molecule has 1 aromatic carbocycles. The molecular formula is C14H16FN3OS. The van der Waals surface area contributed by atoms with Gasteiger partial charge < -0.3 is 10.6 Å². The maximum atomic E-state index is 13.6. The molecule has 0 aliphatic carbocycles. The van der Waals surface area contributed by atoms with E-state index in [2.05, 4.69) is 10.6 Å². The number of carbonyl (C=O) groups excluding carboxylic acids is 1. The van der Waals surface area contributed by atoms with Gasteiger partial charge in [-0.25, -0.2) is 4.39 Å². The number of thioether (sulfide) groups is 1. The van der Waals surface area contributed by atoms with E-state index in [1.54, 1.807) is 6.92 Å². The van der Waals surface area contributed by atoms with Gasteiger partial charge in [0, 0.05) is 41.8 Å². The summed E-state index contributed by atoms with van der Waals surface area (Å²) >= 11 is 1.82. The minimum atomic E-state index is -0.481. The Kier molecular flexibility index (Phi) is 4.99. The number of hydrogen-bond acceptors (Lipinski definition) is 4. The molecule has 1 aromatic rings. The molecule has 4 nitrogen and oxygen atoms in total. The summed E-state index contributed by atoms with van der Waals surface area (Å²) in [6, 6.07) is 4.70. The summed E-state index contributed by atoms with van der Waals surface area (Å²) in [5, 5.41) is 14.8. The van der Waals surface area contributed by atoms with E-state index >= 15 is 0 Å². The van der Waals surface area contributed by atoms with Crippen molar-refractivity contribution in [1.82, 2.24) is 5.32 Å². The first-order chi connectivity index (χ1) is 9.60. The molecule has 1 aliphatic heterocycles. The molecule has 0 radical (unpaired) electrons. The lowest BCUT2D eigenvalue weighted by Crippen LogP contribution is -2.39. The Morgan fingerprint density at radius 2 is 2.45 bits per heavy atom. The van der Waals surface area contributed by atoms with Crippen LogP contribution >= 0.6 is 11.8 Å². The van der Waals surface area contributed by atoms with E-state index in [0.29, 0.717) is 17.7 Å². The second-order valence-corrected chi connectivity index (χ2v) is 5.87. The number of amides is 1. The van der Waals surface area contributed by atoms with Crippen LogP contribution in [-0.2, 0) is 4.79 Å². The van der Waals surface area contributed by atoms with Gasteiger partial charge in [0.25, 0.3) is 0 Å². The predicted molar refractivity (Wildman–Crippen MR) is 78.2 cm³/mol. The molecule has 2 N–H and O–H groups in total. The topological polar surface area (TPSA) is 64.9 Å². The van der Waals surface area contributed by atoms with E-state index < -0.39 is 5.82 Å². The zero-order valence-electron chi connectivity index (χ0n) is 11.2. The van der Waals surface area contributed by atoms with Crippen LogP contribution in [0.2, 0.25) is 0 Å². The average molecular weight is 293 g/mol. The highest BCUT2D eigenvalue weighted by Gasteiger charge is 2.17. The molecule has 1 atom stereocenters. The summed E-state index contributed by atoms with van der Waals surface area (Å²) < 4.78 is 13.6. The quantitative estimate of drug-likeness (QED) is 0.895. The molecule has 0 bridgehead atoms. The van der Waals surface area contributed by atoms with Crippen LogP contribution in [0.25, 0.3) is 0 Å². The number of nitriles is 1. The number of anilines is 1. The average Bonchev–Trinajstić information content (AvgIpc) is 2.44. The van der Waals surface area contributed by atoms with Crippen LogP contribution in [0.5, 0.6) is 0 Å². The first kappa shape index (κ1) is 14.8. The van der Waals surface area contributed by atoms with Crippen molar-refractivity contribution in [2.45, 2.75) is 19.4 Å². The minimum absolute atomic E-state index is 0.151. The van der Waals surface area contributed by atoms with Crippen LogP contribution in [0.1, 0.15) is 17.5 Å². The number of halogens is 1. The lowest BCUT2D eigenvalue weighted by Gasteiger charge is -2.22. The fourth-order valence-corrected chi connectivity index (χ4v) is 3.00. The van der Waals surface area contributed by atoms with Crippen molar-refractivity contribution in [1.29, 1.82) is 5.26 Å². The van der Waals surface area contributed by atoms with Crippen molar-refractivity contribution in [2.75, 3.05) is 23.4 Å². The van der Waals surface area contributed by atoms with E-state index in [-0.39, 0.29) is 17.5 Å². The van der Waals surface area contributed by atoms with Crippen molar-refractivity contribution < 1.29 is 9.18 Å². The van der Waals surface area contributed by atoms with Gasteiger partial charge >= 0.3 is 0 Å². The largest absolute Gasteiger partial charge is 0.326 e. The molecular weight excluding hydrogens is 277 g/mol. The normalized spacial score (nSPS) is 18.4. The Bertz CT molecular complexity index is 550. The number of nitrogens with one attached hydrogen (secondary N) is 2. The molecule has 6 heteroatoms. The number of nitrogens with zero attached hydrogens (tertiary/aromatic N) is 1. The highest BCUT2D eigenvalue weighted by atomic mass is 32.2. The molecule has 20 heavy (non-hydrogen) atoms. The second-order valence-electron chi connectivity index (χ2n) is 4.72. The fraction of sp³-hybridized carbons (Fsp3) is 0.429. The van der Waals surface area contributed by atoms with Gasteiger partial charge in [0.2, 0.25) is 5.91 Å². The van der Waals surface area contributed by atoms with Crippen molar-refractivity contribution in [3.05, 3.63) is 29.1 Å². The Hall–Kier alpha value is -1.58.